The van der Waals surface area contributed by atoms with E-state index in [0.717, 1.165) is 17.1 Å². The minimum atomic E-state index is 0.419. The molecule has 0 fully saturated rings. The number of hydrogen-bond donors (Lipinski definition) is 1. The van der Waals surface area contributed by atoms with E-state index in [9.17, 15) is 0 Å². The average Bonchev–Trinajstić information content (AvgIpc) is 2.60. The Morgan fingerprint density at radius 1 is 1.33 bits per heavy atom. The molecule has 2 aromatic heterocycles. The Morgan fingerprint density at radius 3 is 2.73 bits per heavy atom. The van der Waals surface area contributed by atoms with Crippen molar-refractivity contribution < 1.29 is 0 Å². The molecule has 2 aromatic rings. The third-order valence-corrected chi connectivity index (χ3v) is 2.38. The van der Waals surface area contributed by atoms with Crippen molar-refractivity contribution in [2.75, 3.05) is 0 Å². The number of aromatic nitrogens is 4. The maximum Gasteiger partial charge on any atom is 0.235 e. The molecule has 15 heavy (non-hydrogen) atoms. The van der Waals surface area contributed by atoms with E-state index >= 15 is 0 Å². The second-order valence-corrected chi connectivity index (χ2v) is 3.34. The number of hydrogen-bond acceptors (Lipinski definition) is 4. The van der Waals surface area contributed by atoms with Crippen molar-refractivity contribution in [1.29, 1.82) is 0 Å². The van der Waals surface area contributed by atoms with Crippen LogP contribution in [0.3, 0.4) is 0 Å². The van der Waals surface area contributed by atoms with Crippen LogP contribution in [0.4, 0.5) is 0 Å². The van der Waals surface area contributed by atoms with Crippen LogP contribution >= 0.6 is 0 Å². The lowest BCUT2D eigenvalue weighted by atomic mass is 10.4. The Labute approximate surface area is 88.0 Å². The fourth-order valence-corrected chi connectivity index (χ4v) is 1.31. The summed E-state index contributed by atoms with van der Waals surface area (Å²) < 4.78 is 1.86. The quantitative estimate of drug-likeness (QED) is 0.781. The predicted octanol–water partition coefficient (Wildman–Crippen LogP) is 0.738. The molecule has 5 heteroatoms. The van der Waals surface area contributed by atoms with Gasteiger partial charge in [-0.15, -0.1) is 0 Å². The number of rotatable bonds is 2. The lowest BCUT2D eigenvalue weighted by Crippen LogP contribution is -2.06. The van der Waals surface area contributed by atoms with Crippen LogP contribution < -0.4 is 5.73 Å². The van der Waals surface area contributed by atoms with Crippen LogP contribution in [0.1, 0.15) is 17.1 Å². The van der Waals surface area contributed by atoms with Crippen LogP contribution in [0.25, 0.3) is 5.95 Å². The molecule has 0 unspecified atom stereocenters. The molecule has 0 atom stereocenters. The maximum atomic E-state index is 5.52. The fraction of sp³-hybridized carbons (Fsp3) is 0.300. The van der Waals surface area contributed by atoms with E-state index < -0.39 is 0 Å². The molecule has 0 aliphatic carbocycles. The molecule has 0 saturated carbocycles. The van der Waals surface area contributed by atoms with Crippen molar-refractivity contribution in [3.05, 3.63) is 35.7 Å². The molecule has 0 radical (unpaired) electrons. The van der Waals surface area contributed by atoms with Gasteiger partial charge in [0, 0.05) is 18.4 Å². The molecule has 2 N–H and O–H groups in total. The maximum absolute atomic E-state index is 5.52. The largest absolute Gasteiger partial charge is 0.325 e. The van der Waals surface area contributed by atoms with Gasteiger partial charge < -0.3 is 5.73 Å². The third-order valence-electron chi connectivity index (χ3n) is 2.38. The zero-order valence-corrected chi connectivity index (χ0v) is 8.81. The number of aryl methyl sites for hydroxylation is 1. The minimum Gasteiger partial charge on any atom is -0.325 e. The summed E-state index contributed by atoms with van der Waals surface area (Å²) in [5.74, 6) is 0.621. The van der Waals surface area contributed by atoms with E-state index in [1.54, 1.807) is 12.5 Å². The monoisotopic (exact) mass is 203 g/mol. The second-order valence-electron chi connectivity index (χ2n) is 3.34. The Kier molecular flexibility index (Phi) is 2.47. The summed E-state index contributed by atoms with van der Waals surface area (Å²) >= 11 is 0. The van der Waals surface area contributed by atoms with Crippen LogP contribution in [-0.4, -0.2) is 19.5 Å². The first-order chi connectivity index (χ1) is 7.22. The molecule has 0 aliphatic heterocycles. The molecule has 78 valence electrons. The van der Waals surface area contributed by atoms with Gasteiger partial charge in [0.05, 0.1) is 11.4 Å². The Hall–Kier alpha value is -1.75. The van der Waals surface area contributed by atoms with Crippen molar-refractivity contribution in [3.63, 3.8) is 0 Å². The van der Waals surface area contributed by atoms with Crippen molar-refractivity contribution in [2.24, 2.45) is 5.73 Å². The first-order valence-corrected chi connectivity index (χ1v) is 4.75. The summed E-state index contributed by atoms with van der Waals surface area (Å²) in [6, 6.07) is 1.81. The molecule has 0 saturated heterocycles. The highest BCUT2D eigenvalue weighted by atomic mass is 15.2. The Bertz CT molecular complexity index is 474. The van der Waals surface area contributed by atoms with Gasteiger partial charge in [0.2, 0.25) is 5.95 Å². The van der Waals surface area contributed by atoms with Gasteiger partial charge in [-0.2, -0.15) is 0 Å². The lowest BCUT2D eigenvalue weighted by Gasteiger charge is -2.04. The van der Waals surface area contributed by atoms with Crippen LogP contribution in [0.15, 0.2) is 18.6 Å². The highest BCUT2D eigenvalue weighted by molar-refractivity contribution is 5.22. The molecule has 5 nitrogen and oxygen atoms in total. The highest BCUT2D eigenvalue weighted by Crippen LogP contribution is 2.09. The third kappa shape index (κ3) is 1.73. The predicted molar refractivity (Wildman–Crippen MR) is 56.5 cm³/mol. The van der Waals surface area contributed by atoms with Gasteiger partial charge >= 0.3 is 0 Å². The van der Waals surface area contributed by atoms with Crippen molar-refractivity contribution in [3.8, 4) is 5.95 Å². The second kappa shape index (κ2) is 3.78. The Balaban J connectivity index is 2.49. The molecule has 0 aromatic carbocycles. The molecular formula is C10H13N5. The molecule has 0 aliphatic rings. The number of nitrogens with two attached hydrogens (primary N) is 1. The molecular weight excluding hydrogens is 190 g/mol. The summed E-state index contributed by atoms with van der Waals surface area (Å²) in [6.07, 6.45) is 3.43. The van der Waals surface area contributed by atoms with E-state index in [0.29, 0.717) is 12.5 Å². The molecule has 0 spiro atoms. The van der Waals surface area contributed by atoms with Crippen molar-refractivity contribution in [2.45, 2.75) is 20.4 Å². The summed E-state index contributed by atoms with van der Waals surface area (Å²) in [4.78, 5) is 12.7. The lowest BCUT2D eigenvalue weighted by molar-refractivity contribution is 0.857. The van der Waals surface area contributed by atoms with E-state index in [4.69, 9.17) is 5.73 Å². The van der Waals surface area contributed by atoms with E-state index in [-0.39, 0.29) is 0 Å². The standard InChI is InChI=1S/C10H13N5/c1-7-8(2)15(6-13-7)10-12-4-3-9(5-11)14-10/h3-4,6H,5,11H2,1-2H3. The van der Waals surface area contributed by atoms with Crippen molar-refractivity contribution >= 4 is 0 Å². The minimum absolute atomic E-state index is 0.419. The first kappa shape index (κ1) is 9.79. The van der Waals surface area contributed by atoms with E-state index in [2.05, 4.69) is 15.0 Å². The Morgan fingerprint density at radius 2 is 2.13 bits per heavy atom. The topological polar surface area (TPSA) is 69.6 Å². The average molecular weight is 203 g/mol. The summed E-state index contributed by atoms with van der Waals surface area (Å²) in [5.41, 5.74) is 8.38. The highest BCUT2D eigenvalue weighted by Gasteiger charge is 2.06. The normalized spacial score (nSPS) is 10.6. The molecule has 0 amide bonds. The molecule has 0 bridgehead atoms. The fourth-order valence-electron chi connectivity index (χ4n) is 1.31. The molecule has 2 rings (SSSR count). The summed E-state index contributed by atoms with van der Waals surface area (Å²) in [6.45, 7) is 4.36. The zero-order chi connectivity index (χ0) is 10.8. The van der Waals surface area contributed by atoms with E-state index in [1.165, 1.54) is 0 Å². The van der Waals surface area contributed by atoms with E-state index in [1.807, 2.05) is 24.5 Å². The SMILES string of the molecule is Cc1ncn(-c2nccc(CN)n2)c1C. The van der Waals surface area contributed by atoms with Crippen LogP contribution in [0.5, 0.6) is 0 Å². The van der Waals surface area contributed by atoms with Gasteiger partial charge in [-0.25, -0.2) is 15.0 Å². The van der Waals surface area contributed by atoms with Crippen molar-refractivity contribution in [1.82, 2.24) is 19.5 Å². The van der Waals surface area contributed by atoms with Gasteiger partial charge in [0.15, 0.2) is 0 Å². The van der Waals surface area contributed by atoms with Gasteiger partial charge in [0.1, 0.15) is 6.33 Å². The van der Waals surface area contributed by atoms with Crippen LogP contribution in [-0.2, 0) is 6.54 Å². The van der Waals surface area contributed by atoms with Gasteiger partial charge in [-0.3, -0.25) is 4.57 Å². The van der Waals surface area contributed by atoms with Gasteiger partial charge in [-0.1, -0.05) is 0 Å². The summed E-state index contributed by atoms with van der Waals surface area (Å²) in [5, 5.41) is 0. The summed E-state index contributed by atoms with van der Waals surface area (Å²) in [7, 11) is 0. The number of nitrogens with zero attached hydrogens (tertiary/aromatic N) is 4. The molecule has 2 heterocycles. The van der Waals surface area contributed by atoms with Gasteiger partial charge in [0.25, 0.3) is 0 Å². The number of imidazole rings is 1. The van der Waals surface area contributed by atoms with Crippen LogP contribution in [0.2, 0.25) is 0 Å². The zero-order valence-electron chi connectivity index (χ0n) is 8.81. The first-order valence-electron chi connectivity index (χ1n) is 4.75. The smallest absolute Gasteiger partial charge is 0.235 e. The van der Waals surface area contributed by atoms with Crippen LogP contribution in [0, 0.1) is 13.8 Å². The van der Waals surface area contributed by atoms with Gasteiger partial charge in [-0.05, 0) is 19.9 Å².